The molecule has 13 heavy (non-hydrogen) atoms. The Labute approximate surface area is 81.0 Å². The molecule has 0 aromatic rings. The standard InChI is InChI=1S/C10H22N2O/c1-3-9(11)4-6-12-10(2)5-7-13-8-10/h9,12H,3-8,11H2,1-2H3. The largest absolute Gasteiger partial charge is 0.379 e. The Balaban J connectivity index is 2.11. The molecule has 0 spiro atoms. The van der Waals surface area contributed by atoms with E-state index in [9.17, 15) is 0 Å². The maximum atomic E-state index is 5.83. The van der Waals surface area contributed by atoms with Gasteiger partial charge in [-0.2, -0.15) is 0 Å². The van der Waals surface area contributed by atoms with Crippen molar-refractivity contribution in [3.63, 3.8) is 0 Å². The van der Waals surface area contributed by atoms with Crippen LogP contribution in [0.1, 0.15) is 33.1 Å². The lowest BCUT2D eigenvalue weighted by Crippen LogP contribution is -2.44. The van der Waals surface area contributed by atoms with Gasteiger partial charge in [-0.05, 0) is 32.7 Å². The maximum Gasteiger partial charge on any atom is 0.0646 e. The molecule has 0 aliphatic carbocycles. The van der Waals surface area contributed by atoms with Gasteiger partial charge in [-0.25, -0.2) is 0 Å². The molecule has 1 fully saturated rings. The first-order chi connectivity index (χ1) is 6.16. The fourth-order valence-corrected chi connectivity index (χ4v) is 1.57. The Kier molecular flexibility index (Phi) is 4.16. The smallest absolute Gasteiger partial charge is 0.0646 e. The molecule has 2 unspecified atom stereocenters. The van der Waals surface area contributed by atoms with E-state index in [-0.39, 0.29) is 5.54 Å². The van der Waals surface area contributed by atoms with Crippen LogP contribution in [0.25, 0.3) is 0 Å². The molecule has 1 aliphatic rings. The van der Waals surface area contributed by atoms with Gasteiger partial charge in [0.1, 0.15) is 0 Å². The zero-order chi connectivity index (χ0) is 9.73. The summed E-state index contributed by atoms with van der Waals surface area (Å²) in [4.78, 5) is 0. The Morgan fingerprint density at radius 2 is 2.38 bits per heavy atom. The van der Waals surface area contributed by atoms with Crippen LogP contribution in [0.2, 0.25) is 0 Å². The molecule has 0 bridgehead atoms. The van der Waals surface area contributed by atoms with Crippen LogP contribution in [0, 0.1) is 0 Å². The van der Waals surface area contributed by atoms with E-state index in [1.165, 1.54) is 0 Å². The Bertz CT molecular complexity index is 144. The molecular formula is C10H22N2O. The van der Waals surface area contributed by atoms with Crippen molar-refractivity contribution in [1.82, 2.24) is 5.32 Å². The molecule has 1 rings (SSSR count). The quantitative estimate of drug-likeness (QED) is 0.670. The van der Waals surface area contributed by atoms with Crippen LogP contribution in [0.5, 0.6) is 0 Å². The minimum atomic E-state index is 0.202. The molecule has 3 N–H and O–H groups in total. The first-order valence-electron chi connectivity index (χ1n) is 5.24. The molecule has 0 saturated carbocycles. The topological polar surface area (TPSA) is 47.3 Å². The van der Waals surface area contributed by atoms with Crippen LogP contribution in [-0.2, 0) is 4.74 Å². The summed E-state index contributed by atoms with van der Waals surface area (Å²) in [5.74, 6) is 0. The van der Waals surface area contributed by atoms with Crippen LogP contribution in [-0.4, -0.2) is 31.3 Å². The van der Waals surface area contributed by atoms with Crippen molar-refractivity contribution in [2.75, 3.05) is 19.8 Å². The fourth-order valence-electron chi connectivity index (χ4n) is 1.57. The molecule has 0 aromatic carbocycles. The second kappa shape index (κ2) is 4.94. The lowest BCUT2D eigenvalue weighted by molar-refractivity contribution is 0.171. The highest BCUT2D eigenvalue weighted by Gasteiger charge is 2.28. The van der Waals surface area contributed by atoms with Gasteiger partial charge < -0.3 is 15.8 Å². The predicted molar refractivity (Wildman–Crippen MR) is 54.7 cm³/mol. The van der Waals surface area contributed by atoms with Gasteiger partial charge in [0.25, 0.3) is 0 Å². The summed E-state index contributed by atoms with van der Waals surface area (Å²) >= 11 is 0. The van der Waals surface area contributed by atoms with E-state index in [0.717, 1.165) is 39.0 Å². The molecule has 3 heteroatoms. The summed E-state index contributed by atoms with van der Waals surface area (Å²) in [5.41, 5.74) is 6.03. The molecule has 0 amide bonds. The summed E-state index contributed by atoms with van der Waals surface area (Å²) in [7, 11) is 0. The fraction of sp³-hybridized carbons (Fsp3) is 1.00. The normalized spacial score (nSPS) is 30.7. The molecule has 1 heterocycles. The highest BCUT2D eigenvalue weighted by molar-refractivity contribution is 4.86. The van der Waals surface area contributed by atoms with Gasteiger partial charge in [0.05, 0.1) is 6.61 Å². The first kappa shape index (κ1) is 11.0. The van der Waals surface area contributed by atoms with Gasteiger partial charge in [-0.15, -0.1) is 0 Å². The first-order valence-corrected chi connectivity index (χ1v) is 5.24. The second-order valence-electron chi connectivity index (χ2n) is 4.25. The molecule has 1 aliphatic heterocycles. The van der Waals surface area contributed by atoms with Crippen molar-refractivity contribution in [3.05, 3.63) is 0 Å². The summed E-state index contributed by atoms with van der Waals surface area (Å²) in [5, 5.41) is 3.52. The van der Waals surface area contributed by atoms with E-state index in [4.69, 9.17) is 10.5 Å². The lowest BCUT2D eigenvalue weighted by atomic mass is 10.0. The number of hydrogen-bond donors (Lipinski definition) is 2. The molecule has 1 saturated heterocycles. The van der Waals surface area contributed by atoms with E-state index in [1.54, 1.807) is 0 Å². The zero-order valence-electron chi connectivity index (χ0n) is 8.81. The summed E-state index contributed by atoms with van der Waals surface area (Å²) in [6.45, 7) is 7.09. The lowest BCUT2D eigenvalue weighted by Gasteiger charge is -2.24. The predicted octanol–water partition coefficient (Wildman–Crippen LogP) is 0.882. The van der Waals surface area contributed by atoms with Gasteiger partial charge in [0.15, 0.2) is 0 Å². The van der Waals surface area contributed by atoms with Crippen molar-refractivity contribution in [2.24, 2.45) is 5.73 Å². The Morgan fingerprint density at radius 1 is 1.62 bits per heavy atom. The maximum absolute atomic E-state index is 5.83. The molecular weight excluding hydrogens is 164 g/mol. The Hall–Kier alpha value is -0.120. The van der Waals surface area contributed by atoms with Gasteiger partial charge in [-0.3, -0.25) is 0 Å². The van der Waals surface area contributed by atoms with Crippen molar-refractivity contribution >= 4 is 0 Å². The molecule has 3 nitrogen and oxygen atoms in total. The molecule has 0 radical (unpaired) electrons. The molecule has 2 atom stereocenters. The van der Waals surface area contributed by atoms with Crippen LogP contribution >= 0.6 is 0 Å². The van der Waals surface area contributed by atoms with Crippen LogP contribution in [0.3, 0.4) is 0 Å². The zero-order valence-corrected chi connectivity index (χ0v) is 8.81. The average Bonchev–Trinajstić information content (AvgIpc) is 2.52. The van der Waals surface area contributed by atoms with Crippen molar-refractivity contribution in [3.8, 4) is 0 Å². The van der Waals surface area contributed by atoms with Crippen LogP contribution in [0.15, 0.2) is 0 Å². The summed E-state index contributed by atoms with van der Waals surface area (Å²) in [6, 6.07) is 0.346. The van der Waals surface area contributed by atoms with E-state index in [1.807, 2.05) is 0 Å². The van der Waals surface area contributed by atoms with Crippen molar-refractivity contribution in [1.29, 1.82) is 0 Å². The highest BCUT2D eigenvalue weighted by Crippen LogP contribution is 2.17. The third kappa shape index (κ3) is 3.63. The molecule has 0 aromatic heterocycles. The summed E-state index contributed by atoms with van der Waals surface area (Å²) in [6.07, 6.45) is 3.25. The molecule has 78 valence electrons. The highest BCUT2D eigenvalue weighted by atomic mass is 16.5. The van der Waals surface area contributed by atoms with E-state index < -0.39 is 0 Å². The van der Waals surface area contributed by atoms with Gasteiger partial charge >= 0.3 is 0 Å². The number of rotatable bonds is 5. The second-order valence-corrected chi connectivity index (χ2v) is 4.25. The van der Waals surface area contributed by atoms with Crippen LogP contribution < -0.4 is 11.1 Å². The van der Waals surface area contributed by atoms with Crippen molar-refractivity contribution in [2.45, 2.75) is 44.7 Å². The monoisotopic (exact) mass is 186 g/mol. The summed E-state index contributed by atoms with van der Waals surface area (Å²) < 4.78 is 5.35. The average molecular weight is 186 g/mol. The third-order valence-corrected chi connectivity index (χ3v) is 2.81. The number of nitrogens with two attached hydrogens (primary N) is 1. The minimum absolute atomic E-state index is 0.202. The van der Waals surface area contributed by atoms with Crippen LogP contribution in [0.4, 0.5) is 0 Å². The number of nitrogens with one attached hydrogen (secondary N) is 1. The third-order valence-electron chi connectivity index (χ3n) is 2.81. The van der Waals surface area contributed by atoms with E-state index in [0.29, 0.717) is 6.04 Å². The van der Waals surface area contributed by atoms with Gasteiger partial charge in [-0.1, -0.05) is 6.92 Å². The van der Waals surface area contributed by atoms with Gasteiger partial charge in [0, 0.05) is 18.2 Å². The number of ether oxygens (including phenoxy) is 1. The van der Waals surface area contributed by atoms with Gasteiger partial charge in [0.2, 0.25) is 0 Å². The SMILES string of the molecule is CCC(N)CCNC1(C)CCOC1. The minimum Gasteiger partial charge on any atom is -0.379 e. The van der Waals surface area contributed by atoms with Crippen molar-refractivity contribution < 1.29 is 4.74 Å². The number of hydrogen-bond acceptors (Lipinski definition) is 3. The van der Waals surface area contributed by atoms with E-state index >= 15 is 0 Å². The van der Waals surface area contributed by atoms with E-state index in [2.05, 4.69) is 19.2 Å². The Morgan fingerprint density at radius 3 is 2.92 bits per heavy atom.